The van der Waals surface area contributed by atoms with Crippen molar-refractivity contribution >= 4 is 23.1 Å². The predicted octanol–water partition coefficient (Wildman–Crippen LogP) is 2.49. The zero-order chi connectivity index (χ0) is 20.9. The van der Waals surface area contributed by atoms with Crippen LogP contribution in [0.15, 0.2) is 30.7 Å². The number of nitrogens with one attached hydrogen (secondary N) is 1. The van der Waals surface area contributed by atoms with Crippen molar-refractivity contribution in [2.24, 2.45) is 5.92 Å². The van der Waals surface area contributed by atoms with Gasteiger partial charge in [0.2, 0.25) is 5.91 Å². The van der Waals surface area contributed by atoms with E-state index in [0.29, 0.717) is 19.0 Å². The second-order valence-electron chi connectivity index (χ2n) is 7.79. The molecule has 1 N–H and O–H groups in total. The molecule has 8 heteroatoms. The topological polar surface area (TPSA) is 79.8 Å². The first-order chi connectivity index (χ1) is 14.7. The van der Waals surface area contributed by atoms with Crippen LogP contribution in [0.1, 0.15) is 18.4 Å². The van der Waals surface area contributed by atoms with Crippen LogP contribution in [0.3, 0.4) is 0 Å². The van der Waals surface area contributed by atoms with Crippen molar-refractivity contribution in [2.45, 2.75) is 19.8 Å². The van der Waals surface area contributed by atoms with E-state index in [0.717, 1.165) is 61.8 Å². The van der Waals surface area contributed by atoms with Gasteiger partial charge in [0, 0.05) is 32.1 Å². The van der Waals surface area contributed by atoms with E-state index >= 15 is 0 Å². The normalized spacial score (nSPS) is 17.7. The molecule has 2 aliphatic heterocycles. The number of methoxy groups -OCH3 is 1. The highest BCUT2D eigenvalue weighted by Crippen LogP contribution is 2.32. The summed E-state index contributed by atoms with van der Waals surface area (Å²) in [5, 5.41) is 3.06. The third-order valence-electron chi connectivity index (χ3n) is 5.80. The number of benzene rings is 1. The third kappa shape index (κ3) is 4.48. The molecule has 2 saturated heterocycles. The maximum absolute atomic E-state index is 12.9. The molecule has 2 aliphatic rings. The number of morpholine rings is 1. The Morgan fingerprint density at radius 1 is 1.17 bits per heavy atom. The Kier molecular flexibility index (Phi) is 6.32. The molecule has 2 fully saturated rings. The average molecular weight is 412 g/mol. The fourth-order valence-corrected chi connectivity index (χ4v) is 4.09. The summed E-state index contributed by atoms with van der Waals surface area (Å²) in [6, 6.07) is 5.80. The number of aryl methyl sites for hydroxylation is 1. The van der Waals surface area contributed by atoms with Gasteiger partial charge in [0.25, 0.3) is 0 Å². The minimum Gasteiger partial charge on any atom is -0.495 e. The molecule has 1 aromatic heterocycles. The summed E-state index contributed by atoms with van der Waals surface area (Å²) < 4.78 is 10.9. The largest absolute Gasteiger partial charge is 0.495 e. The number of piperidine rings is 1. The van der Waals surface area contributed by atoms with Crippen LogP contribution in [0.25, 0.3) is 0 Å². The van der Waals surface area contributed by atoms with Gasteiger partial charge in [0.1, 0.15) is 12.1 Å². The van der Waals surface area contributed by atoms with Gasteiger partial charge in [0.15, 0.2) is 5.82 Å². The lowest BCUT2D eigenvalue weighted by Crippen LogP contribution is -2.41. The van der Waals surface area contributed by atoms with Gasteiger partial charge in [0.05, 0.1) is 37.9 Å². The van der Waals surface area contributed by atoms with Gasteiger partial charge in [-0.15, -0.1) is 0 Å². The molecule has 4 rings (SSSR count). The molecule has 30 heavy (non-hydrogen) atoms. The summed E-state index contributed by atoms with van der Waals surface area (Å²) in [6.45, 7) is 6.70. The third-order valence-corrected chi connectivity index (χ3v) is 5.80. The minimum atomic E-state index is -0.0251. The smallest absolute Gasteiger partial charge is 0.227 e. The van der Waals surface area contributed by atoms with Crippen LogP contribution in [-0.4, -0.2) is 62.4 Å². The molecule has 2 aromatic rings. The van der Waals surface area contributed by atoms with Crippen molar-refractivity contribution in [1.82, 2.24) is 9.97 Å². The van der Waals surface area contributed by atoms with E-state index < -0.39 is 0 Å². The summed E-state index contributed by atoms with van der Waals surface area (Å²) in [7, 11) is 1.62. The van der Waals surface area contributed by atoms with E-state index in [4.69, 9.17) is 9.47 Å². The molecule has 1 amide bonds. The van der Waals surface area contributed by atoms with Crippen LogP contribution in [-0.2, 0) is 9.53 Å². The fourth-order valence-electron chi connectivity index (χ4n) is 4.09. The van der Waals surface area contributed by atoms with E-state index in [2.05, 4.69) is 25.1 Å². The number of amides is 1. The number of aromatic nitrogens is 2. The maximum atomic E-state index is 12.9. The monoisotopic (exact) mass is 411 g/mol. The molecule has 3 heterocycles. The van der Waals surface area contributed by atoms with Crippen molar-refractivity contribution in [3.8, 4) is 5.75 Å². The van der Waals surface area contributed by atoms with Crippen molar-refractivity contribution in [1.29, 1.82) is 0 Å². The molecule has 0 aliphatic carbocycles. The number of hydrogen-bond donors (Lipinski definition) is 1. The Balaban J connectivity index is 1.40. The highest BCUT2D eigenvalue weighted by atomic mass is 16.5. The number of carbonyl (C=O) groups excluding carboxylic acids is 1. The van der Waals surface area contributed by atoms with Crippen molar-refractivity contribution < 1.29 is 14.3 Å². The molecule has 0 atom stereocenters. The number of hydrogen-bond acceptors (Lipinski definition) is 7. The SMILES string of the molecule is COc1ccc(C)cc1NC(=O)C1CCN(c2cncnc2N2CCOCC2)CC1. The van der Waals surface area contributed by atoms with Crippen LogP contribution >= 0.6 is 0 Å². The predicted molar refractivity (Wildman–Crippen MR) is 116 cm³/mol. The van der Waals surface area contributed by atoms with Crippen molar-refractivity contribution in [3.63, 3.8) is 0 Å². The summed E-state index contributed by atoms with van der Waals surface area (Å²) in [4.78, 5) is 26.2. The van der Waals surface area contributed by atoms with Gasteiger partial charge < -0.3 is 24.6 Å². The van der Waals surface area contributed by atoms with E-state index in [-0.39, 0.29) is 11.8 Å². The Hall–Kier alpha value is -2.87. The summed E-state index contributed by atoms with van der Waals surface area (Å²) in [5.41, 5.74) is 2.86. The summed E-state index contributed by atoms with van der Waals surface area (Å²) >= 11 is 0. The zero-order valence-corrected chi connectivity index (χ0v) is 17.6. The van der Waals surface area contributed by atoms with Gasteiger partial charge in [-0.2, -0.15) is 0 Å². The maximum Gasteiger partial charge on any atom is 0.227 e. The fraction of sp³-hybridized carbons (Fsp3) is 0.500. The molecule has 0 bridgehead atoms. The van der Waals surface area contributed by atoms with Gasteiger partial charge >= 0.3 is 0 Å². The quantitative estimate of drug-likeness (QED) is 0.810. The van der Waals surface area contributed by atoms with Crippen LogP contribution in [0.2, 0.25) is 0 Å². The summed E-state index contributed by atoms with van der Waals surface area (Å²) in [5.74, 6) is 1.67. The molecule has 0 spiro atoms. The summed E-state index contributed by atoms with van der Waals surface area (Å²) in [6.07, 6.45) is 5.06. The van der Waals surface area contributed by atoms with Gasteiger partial charge in [-0.1, -0.05) is 6.07 Å². The number of ether oxygens (including phenoxy) is 2. The van der Waals surface area contributed by atoms with E-state index in [1.165, 1.54) is 0 Å². The standard InChI is InChI=1S/C22H29N5O3/c1-16-3-4-20(29-2)18(13-16)25-22(28)17-5-7-26(8-6-17)19-14-23-15-24-21(19)27-9-11-30-12-10-27/h3-4,13-15,17H,5-12H2,1-2H3,(H,25,28). The first-order valence-electron chi connectivity index (χ1n) is 10.5. The Morgan fingerprint density at radius 2 is 1.93 bits per heavy atom. The van der Waals surface area contributed by atoms with E-state index in [1.54, 1.807) is 13.4 Å². The second-order valence-corrected chi connectivity index (χ2v) is 7.79. The Labute approximate surface area is 177 Å². The first kappa shape index (κ1) is 20.4. The lowest BCUT2D eigenvalue weighted by atomic mass is 9.95. The van der Waals surface area contributed by atoms with E-state index in [1.807, 2.05) is 31.3 Å². The lowest BCUT2D eigenvalue weighted by molar-refractivity contribution is -0.120. The van der Waals surface area contributed by atoms with Gasteiger partial charge in [-0.05, 0) is 37.5 Å². The molecule has 160 valence electrons. The Morgan fingerprint density at radius 3 is 2.67 bits per heavy atom. The number of nitrogens with zero attached hydrogens (tertiary/aromatic N) is 4. The first-order valence-corrected chi connectivity index (χ1v) is 10.5. The van der Waals surface area contributed by atoms with Crippen LogP contribution in [0, 0.1) is 12.8 Å². The van der Waals surface area contributed by atoms with Gasteiger partial charge in [-0.3, -0.25) is 4.79 Å². The highest BCUT2D eigenvalue weighted by Gasteiger charge is 2.28. The molecule has 1 aromatic carbocycles. The van der Waals surface area contributed by atoms with Crippen LogP contribution in [0.4, 0.5) is 17.2 Å². The van der Waals surface area contributed by atoms with Crippen molar-refractivity contribution in [3.05, 3.63) is 36.3 Å². The molecule has 0 radical (unpaired) electrons. The molecule has 0 unspecified atom stereocenters. The zero-order valence-electron chi connectivity index (χ0n) is 17.6. The molecule has 8 nitrogen and oxygen atoms in total. The van der Waals surface area contributed by atoms with Crippen LogP contribution < -0.4 is 19.9 Å². The molecular weight excluding hydrogens is 382 g/mol. The average Bonchev–Trinajstić information content (AvgIpc) is 2.80. The number of rotatable bonds is 5. The van der Waals surface area contributed by atoms with Gasteiger partial charge in [-0.25, -0.2) is 9.97 Å². The minimum absolute atomic E-state index is 0.0251. The molecule has 0 saturated carbocycles. The number of anilines is 3. The highest BCUT2D eigenvalue weighted by molar-refractivity contribution is 5.94. The number of carbonyl (C=O) groups is 1. The van der Waals surface area contributed by atoms with Crippen molar-refractivity contribution in [2.75, 3.05) is 61.6 Å². The van der Waals surface area contributed by atoms with E-state index in [9.17, 15) is 4.79 Å². The molecular formula is C22H29N5O3. The van der Waals surface area contributed by atoms with Crippen LogP contribution in [0.5, 0.6) is 5.75 Å². The Bertz CT molecular complexity index is 877. The second kappa shape index (κ2) is 9.30. The lowest BCUT2D eigenvalue weighted by Gasteiger charge is -2.36.